The van der Waals surface area contributed by atoms with Gasteiger partial charge in [-0.1, -0.05) is 76.3 Å². The van der Waals surface area contributed by atoms with Crippen LogP contribution < -0.4 is 5.32 Å². The van der Waals surface area contributed by atoms with E-state index in [9.17, 15) is 14.7 Å². The third kappa shape index (κ3) is 10.7. The Morgan fingerprint density at radius 1 is 1.07 bits per heavy atom. The predicted molar refractivity (Wildman–Crippen MR) is 175 cm³/mol. The number of carbonyl (C=O) groups excluding carboxylic acids is 1. The minimum atomic E-state index is -1.01. The molecule has 0 spiro atoms. The molecule has 1 fully saturated rings. The summed E-state index contributed by atoms with van der Waals surface area (Å²) in [7, 11) is 2.19. The average molecular weight is 597 g/mol. The summed E-state index contributed by atoms with van der Waals surface area (Å²) in [6.07, 6.45) is 11.2. The highest BCUT2D eigenvalue weighted by Crippen LogP contribution is 2.31. The molecule has 2 N–H and O–H groups in total. The quantitative estimate of drug-likeness (QED) is 0.185. The normalized spacial score (nSPS) is 15.6. The van der Waals surface area contributed by atoms with Crippen LogP contribution in [0.1, 0.15) is 86.7 Å². The smallest absolute Gasteiger partial charge is 0.326 e. The fourth-order valence-corrected chi connectivity index (χ4v) is 6.32. The fourth-order valence-electron chi connectivity index (χ4n) is 5.85. The number of benzene rings is 2. The number of hydrogen-bond donors (Lipinski definition) is 2. The van der Waals surface area contributed by atoms with Gasteiger partial charge in [-0.25, -0.2) is 4.79 Å². The molecule has 1 amide bonds. The Morgan fingerprint density at radius 3 is 2.48 bits per heavy atom. The Bertz CT molecular complexity index is 1130. The monoisotopic (exact) mass is 596 g/mol. The number of rotatable bonds is 17. The van der Waals surface area contributed by atoms with Crippen molar-refractivity contribution in [3.63, 3.8) is 0 Å². The molecule has 6 nitrogen and oxygen atoms in total. The van der Waals surface area contributed by atoms with Crippen LogP contribution in [0.15, 0.2) is 42.5 Å². The maximum atomic E-state index is 13.5. The van der Waals surface area contributed by atoms with Gasteiger partial charge >= 0.3 is 5.97 Å². The molecular weight excluding hydrogens is 544 g/mol. The molecule has 1 aliphatic rings. The molecule has 1 aliphatic carbocycles. The topological polar surface area (TPSA) is 78.9 Å². The van der Waals surface area contributed by atoms with E-state index >= 15 is 0 Å². The Labute approximate surface area is 258 Å². The lowest BCUT2D eigenvalue weighted by Crippen LogP contribution is -2.41. The molecule has 232 valence electrons. The van der Waals surface area contributed by atoms with Crippen LogP contribution in [0.4, 0.5) is 0 Å². The van der Waals surface area contributed by atoms with Gasteiger partial charge in [-0.3, -0.25) is 9.69 Å². The van der Waals surface area contributed by atoms with Crippen molar-refractivity contribution in [1.29, 1.82) is 0 Å². The predicted octanol–water partition coefficient (Wildman–Crippen LogP) is 7.43. The second kappa shape index (κ2) is 17.7. The first-order valence-electron chi connectivity index (χ1n) is 15.7. The van der Waals surface area contributed by atoms with Crippen LogP contribution in [-0.2, 0) is 16.1 Å². The molecule has 0 saturated heterocycles. The number of hydrogen-bond acceptors (Lipinski definition) is 5. The lowest BCUT2D eigenvalue weighted by Gasteiger charge is -2.33. The zero-order valence-electron chi connectivity index (χ0n) is 26.4. The van der Waals surface area contributed by atoms with Crippen LogP contribution in [0.25, 0.3) is 11.1 Å². The third-order valence-corrected chi connectivity index (χ3v) is 9.16. The highest BCUT2D eigenvalue weighted by Gasteiger charge is 2.25. The summed E-state index contributed by atoms with van der Waals surface area (Å²) in [5, 5.41) is 12.5. The molecule has 0 unspecified atom stereocenters. The number of amides is 1. The number of ether oxygens (including phenoxy) is 1. The van der Waals surface area contributed by atoms with Gasteiger partial charge < -0.3 is 15.2 Å². The number of carbonyl (C=O) groups is 2. The van der Waals surface area contributed by atoms with Crippen molar-refractivity contribution in [3.05, 3.63) is 59.2 Å². The molecule has 2 aromatic carbocycles. The van der Waals surface area contributed by atoms with Crippen LogP contribution in [0, 0.1) is 18.8 Å². The third-order valence-electron chi connectivity index (χ3n) is 8.51. The number of nitrogens with one attached hydrogen (secondary N) is 1. The van der Waals surface area contributed by atoms with Crippen molar-refractivity contribution >= 4 is 23.6 Å². The summed E-state index contributed by atoms with van der Waals surface area (Å²) in [6.45, 7) is 8.79. The zero-order chi connectivity index (χ0) is 30.5. The first-order chi connectivity index (χ1) is 20.2. The van der Waals surface area contributed by atoms with E-state index in [1.165, 1.54) is 32.1 Å². The van der Waals surface area contributed by atoms with Crippen molar-refractivity contribution in [2.75, 3.05) is 32.3 Å². The first-order valence-corrected chi connectivity index (χ1v) is 17.1. The van der Waals surface area contributed by atoms with E-state index < -0.39 is 12.0 Å². The SMILES string of the molecule is CSCC[C@H](NC(=O)c1ccc(CN(C)[C@@H](COCCC(C)C)CC2CCCCC2)cc1-c1ccccc1C)C(=O)O. The van der Waals surface area contributed by atoms with Crippen molar-refractivity contribution < 1.29 is 19.4 Å². The van der Waals surface area contributed by atoms with Crippen LogP contribution in [0.2, 0.25) is 0 Å². The molecule has 0 heterocycles. The van der Waals surface area contributed by atoms with Crippen molar-refractivity contribution in [2.45, 2.75) is 90.8 Å². The number of aryl methyl sites for hydroxylation is 1. The van der Waals surface area contributed by atoms with Gasteiger partial charge in [0.2, 0.25) is 0 Å². The van der Waals surface area contributed by atoms with Crippen LogP contribution in [-0.4, -0.2) is 66.2 Å². The van der Waals surface area contributed by atoms with Gasteiger partial charge in [0.1, 0.15) is 6.04 Å². The number of carboxylic acids is 1. The van der Waals surface area contributed by atoms with E-state index in [2.05, 4.69) is 37.2 Å². The number of aliphatic carboxylic acids is 1. The van der Waals surface area contributed by atoms with Gasteiger partial charge in [-0.2, -0.15) is 11.8 Å². The lowest BCUT2D eigenvalue weighted by atomic mass is 9.84. The summed E-state index contributed by atoms with van der Waals surface area (Å²) in [5.41, 5.74) is 4.52. The molecule has 7 heteroatoms. The summed E-state index contributed by atoms with van der Waals surface area (Å²) in [6, 6.07) is 13.5. The van der Waals surface area contributed by atoms with E-state index in [0.29, 0.717) is 29.7 Å². The van der Waals surface area contributed by atoms with Gasteiger partial charge in [0.25, 0.3) is 5.91 Å². The van der Waals surface area contributed by atoms with Crippen molar-refractivity contribution in [1.82, 2.24) is 10.2 Å². The van der Waals surface area contributed by atoms with Gasteiger partial charge in [-0.15, -0.1) is 0 Å². The number of thioether (sulfide) groups is 1. The van der Waals surface area contributed by atoms with Gasteiger partial charge in [0.05, 0.1) is 6.61 Å². The molecule has 0 aromatic heterocycles. The molecule has 0 aliphatic heterocycles. The zero-order valence-corrected chi connectivity index (χ0v) is 27.2. The Balaban J connectivity index is 1.85. The Morgan fingerprint density at radius 2 is 1.81 bits per heavy atom. The van der Waals surface area contributed by atoms with E-state index in [4.69, 9.17) is 4.74 Å². The van der Waals surface area contributed by atoms with Gasteiger partial charge in [-0.05, 0) is 91.5 Å². The van der Waals surface area contributed by atoms with Crippen molar-refractivity contribution in [2.24, 2.45) is 11.8 Å². The van der Waals surface area contributed by atoms with Crippen molar-refractivity contribution in [3.8, 4) is 11.1 Å². The number of likely N-dealkylation sites (N-methyl/N-ethyl adjacent to an activating group) is 1. The molecule has 0 bridgehead atoms. The van der Waals surface area contributed by atoms with Crippen LogP contribution >= 0.6 is 11.8 Å². The van der Waals surface area contributed by atoms with E-state index in [1.54, 1.807) is 11.8 Å². The maximum absolute atomic E-state index is 13.5. The number of nitrogens with zero attached hydrogens (tertiary/aromatic N) is 1. The largest absolute Gasteiger partial charge is 0.480 e. The van der Waals surface area contributed by atoms with Crippen LogP contribution in [0.3, 0.4) is 0 Å². The summed E-state index contributed by atoms with van der Waals surface area (Å²) < 4.78 is 6.21. The minimum Gasteiger partial charge on any atom is -0.480 e. The Hall–Kier alpha value is -2.35. The maximum Gasteiger partial charge on any atom is 0.326 e. The summed E-state index contributed by atoms with van der Waals surface area (Å²) in [4.78, 5) is 27.7. The number of carboxylic acid groups (broad SMARTS) is 1. The standard InChI is InChI=1S/C35H52N2O4S/c1-25(2)17-19-41-24-29(21-27-12-7-6-8-13-27)37(4)23-28-15-16-31(32(22-28)30-14-10-9-11-26(30)3)34(38)36-33(35(39)40)18-20-42-5/h9-11,14-16,22,25,27,29,33H,6-8,12-13,17-21,23-24H2,1-5H3,(H,36,38)(H,39,40)/t29-,33+/m1/s1. The minimum absolute atomic E-state index is 0.331. The molecule has 3 rings (SSSR count). The fraction of sp³-hybridized carbons (Fsp3) is 0.600. The first kappa shape index (κ1) is 34.1. The van der Waals surface area contributed by atoms with Gasteiger partial charge in [0.15, 0.2) is 0 Å². The van der Waals surface area contributed by atoms with E-state index in [0.717, 1.165) is 60.8 Å². The lowest BCUT2D eigenvalue weighted by molar-refractivity contribution is -0.139. The average Bonchev–Trinajstić information content (AvgIpc) is 2.97. The molecule has 2 aromatic rings. The second-order valence-electron chi connectivity index (χ2n) is 12.4. The highest BCUT2D eigenvalue weighted by atomic mass is 32.2. The second-order valence-corrected chi connectivity index (χ2v) is 13.4. The summed E-state index contributed by atoms with van der Waals surface area (Å²) in [5.74, 6) is 0.687. The van der Waals surface area contributed by atoms with E-state index in [-0.39, 0.29) is 5.91 Å². The molecule has 1 saturated carbocycles. The molecule has 42 heavy (non-hydrogen) atoms. The van der Waals surface area contributed by atoms with Gasteiger partial charge in [0, 0.05) is 24.8 Å². The Kier molecular flexibility index (Phi) is 14.4. The molecule has 2 atom stereocenters. The highest BCUT2D eigenvalue weighted by molar-refractivity contribution is 7.98. The van der Waals surface area contributed by atoms with Crippen LogP contribution in [0.5, 0.6) is 0 Å². The molecular formula is C35H52N2O4S. The summed E-state index contributed by atoms with van der Waals surface area (Å²) >= 11 is 1.57. The van der Waals surface area contributed by atoms with E-state index in [1.807, 2.05) is 49.6 Å². The molecule has 0 radical (unpaired) electrons.